The number of carboxylic acid groups (broad SMARTS) is 1. The van der Waals surface area contributed by atoms with Crippen LogP contribution in [0.2, 0.25) is 0 Å². The van der Waals surface area contributed by atoms with Gasteiger partial charge in [0.25, 0.3) is 0 Å². The van der Waals surface area contributed by atoms with Crippen LogP contribution in [0.4, 0.5) is 0 Å². The molecular formula is C25H43NO4S. The topological polar surface area (TPSA) is 83.5 Å². The Morgan fingerprint density at radius 2 is 1.71 bits per heavy atom. The predicted octanol–water partition coefficient (Wildman–Crippen LogP) is 5.06. The maximum atomic E-state index is 11.8. The van der Waals surface area contributed by atoms with E-state index in [1.807, 2.05) is 0 Å². The van der Waals surface area contributed by atoms with Crippen LogP contribution in [0.1, 0.15) is 91.4 Å². The zero-order valence-electron chi connectivity index (χ0n) is 19.9. The third-order valence-corrected chi connectivity index (χ3v) is 11.4. The first kappa shape index (κ1) is 23.5. The molecule has 0 heterocycles. The van der Waals surface area contributed by atoms with E-state index in [2.05, 4.69) is 25.5 Å². The van der Waals surface area contributed by atoms with E-state index in [0.29, 0.717) is 35.0 Å². The fourth-order valence-corrected chi connectivity index (χ4v) is 10.0. The molecule has 0 spiro atoms. The Labute approximate surface area is 189 Å². The lowest BCUT2D eigenvalue weighted by Crippen LogP contribution is -2.55. The maximum Gasteiger partial charge on any atom is 0.303 e. The summed E-state index contributed by atoms with van der Waals surface area (Å²) in [7, 11) is -3.14. The van der Waals surface area contributed by atoms with Crippen molar-refractivity contribution in [1.29, 1.82) is 0 Å². The number of hydrogen-bond acceptors (Lipinski definition) is 3. The summed E-state index contributed by atoms with van der Waals surface area (Å²) < 4.78 is 26.4. The van der Waals surface area contributed by atoms with Crippen LogP contribution in [0.5, 0.6) is 0 Å². The number of hydrogen-bond donors (Lipinski definition) is 2. The van der Waals surface area contributed by atoms with Crippen LogP contribution in [0.3, 0.4) is 0 Å². The van der Waals surface area contributed by atoms with E-state index in [1.165, 1.54) is 44.8 Å². The molecule has 0 radical (unpaired) electrons. The van der Waals surface area contributed by atoms with E-state index in [1.54, 1.807) is 0 Å². The number of fused-ring (bicyclic) bond motifs is 5. The van der Waals surface area contributed by atoms with Crippen molar-refractivity contribution in [3.8, 4) is 0 Å². The summed E-state index contributed by atoms with van der Waals surface area (Å²) >= 11 is 0. The molecule has 9 atom stereocenters. The summed E-state index contributed by atoms with van der Waals surface area (Å²) in [4.78, 5) is 11.1. The molecular weight excluding hydrogens is 410 g/mol. The lowest BCUT2D eigenvalue weighted by atomic mass is 9.44. The molecule has 4 fully saturated rings. The molecule has 0 aromatic rings. The first-order valence-corrected chi connectivity index (χ1v) is 14.5. The quantitative estimate of drug-likeness (QED) is 0.588. The largest absolute Gasteiger partial charge is 0.481 e. The summed E-state index contributed by atoms with van der Waals surface area (Å²) in [5.74, 6) is 3.49. The van der Waals surface area contributed by atoms with E-state index in [4.69, 9.17) is 5.11 Å². The van der Waals surface area contributed by atoms with Gasteiger partial charge in [0.15, 0.2) is 0 Å². The van der Waals surface area contributed by atoms with Gasteiger partial charge in [0, 0.05) is 12.5 Å². The lowest BCUT2D eigenvalue weighted by molar-refractivity contribution is -0.137. The normalized spacial score (nSPS) is 45.9. The number of nitrogens with one attached hydrogen (secondary N) is 1. The van der Waals surface area contributed by atoms with Crippen LogP contribution in [-0.4, -0.2) is 31.8 Å². The second-order valence-electron chi connectivity index (χ2n) is 12.2. The van der Waals surface area contributed by atoms with E-state index in [9.17, 15) is 13.2 Å². The Balaban J connectivity index is 1.47. The number of sulfonamides is 1. The molecule has 4 aliphatic carbocycles. The fourth-order valence-electron chi connectivity index (χ4n) is 9.20. The first-order valence-electron chi connectivity index (χ1n) is 12.6. The highest BCUT2D eigenvalue weighted by Gasteiger charge is 2.60. The van der Waals surface area contributed by atoms with Crippen molar-refractivity contribution in [2.24, 2.45) is 46.3 Å². The van der Waals surface area contributed by atoms with Crippen molar-refractivity contribution >= 4 is 16.0 Å². The van der Waals surface area contributed by atoms with Gasteiger partial charge in [0.2, 0.25) is 10.0 Å². The first-order chi connectivity index (χ1) is 14.4. The van der Waals surface area contributed by atoms with Crippen molar-refractivity contribution in [3.63, 3.8) is 0 Å². The minimum Gasteiger partial charge on any atom is -0.481 e. The highest BCUT2D eigenvalue weighted by molar-refractivity contribution is 7.88. The Morgan fingerprint density at radius 1 is 1.03 bits per heavy atom. The molecule has 0 bridgehead atoms. The van der Waals surface area contributed by atoms with Crippen LogP contribution in [-0.2, 0) is 14.8 Å². The maximum absolute atomic E-state index is 11.8. The van der Waals surface area contributed by atoms with Crippen molar-refractivity contribution in [3.05, 3.63) is 0 Å². The van der Waals surface area contributed by atoms with Crippen LogP contribution in [0.15, 0.2) is 0 Å². The monoisotopic (exact) mass is 453 g/mol. The van der Waals surface area contributed by atoms with Gasteiger partial charge in [0.1, 0.15) is 0 Å². The Kier molecular flexibility index (Phi) is 6.30. The zero-order valence-corrected chi connectivity index (χ0v) is 20.7. The summed E-state index contributed by atoms with van der Waals surface area (Å²) in [6.07, 6.45) is 13.2. The number of carboxylic acids is 1. The van der Waals surface area contributed by atoms with Crippen molar-refractivity contribution in [2.75, 3.05) is 6.26 Å². The van der Waals surface area contributed by atoms with Gasteiger partial charge < -0.3 is 5.11 Å². The molecule has 4 rings (SSSR count). The minimum atomic E-state index is -3.14. The molecule has 0 unspecified atom stereocenters. The van der Waals surface area contributed by atoms with Gasteiger partial charge in [0.05, 0.1) is 6.26 Å². The Hall–Kier alpha value is -0.620. The summed E-state index contributed by atoms with van der Waals surface area (Å²) in [5, 5.41) is 9.14. The predicted molar refractivity (Wildman–Crippen MR) is 123 cm³/mol. The molecule has 4 saturated carbocycles. The minimum absolute atomic E-state index is 0.115. The third-order valence-electron chi connectivity index (χ3n) is 10.6. The van der Waals surface area contributed by atoms with Crippen molar-refractivity contribution in [2.45, 2.75) is 97.4 Å². The molecule has 0 aromatic carbocycles. The van der Waals surface area contributed by atoms with Crippen molar-refractivity contribution < 1.29 is 18.3 Å². The molecule has 0 saturated heterocycles. The van der Waals surface area contributed by atoms with Crippen LogP contribution >= 0.6 is 0 Å². The van der Waals surface area contributed by atoms with Crippen LogP contribution in [0.25, 0.3) is 0 Å². The van der Waals surface area contributed by atoms with Gasteiger partial charge in [-0.25, -0.2) is 13.1 Å². The van der Waals surface area contributed by atoms with E-state index < -0.39 is 16.0 Å². The smallest absolute Gasteiger partial charge is 0.303 e. The average molecular weight is 454 g/mol. The molecule has 0 amide bonds. The molecule has 5 nitrogen and oxygen atoms in total. The molecule has 2 N–H and O–H groups in total. The summed E-state index contributed by atoms with van der Waals surface area (Å²) in [6.45, 7) is 7.35. The SMILES string of the molecule is C[C@H](CCC(=O)O)[C@H]1CC[C@H]2[C@@H]3CC[C@@H]4C[C@H](NS(C)(=O)=O)CC[C@]4(C)[C@H]3CC[C@]12C. The molecule has 178 valence electrons. The molecule has 0 aromatic heterocycles. The van der Waals surface area contributed by atoms with E-state index in [-0.39, 0.29) is 6.04 Å². The van der Waals surface area contributed by atoms with Gasteiger partial charge in [-0.15, -0.1) is 0 Å². The summed E-state index contributed by atoms with van der Waals surface area (Å²) in [6, 6.07) is 0.115. The number of rotatable bonds is 6. The Morgan fingerprint density at radius 3 is 2.39 bits per heavy atom. The standard InChI is InChI=1S/C25H43NO4S/c1-16(5-10-23(27)28)20-8-9-21-19-7-6-17-15-18(26-31(4,29)30)11-13-24(17,2)22(19)12-14-25(20,21)3/h16-22,26H,5-15H2,1-4H3,(H,27,28)/t16-,17-,18-,19+,20-,21+,22+,24+,25-/m1/s1. The van der Waals surface area contributed by atoms with Gasteiger partial charge in [-0.05, 0) is 111 Å². The second kappa shape index (κ2) is 8.30. The van der Waals surface area contributed by atoms with Crippen LogP contribution in [0, 0.1) is 46.3 Å². The van der Waals surface area contributed by atoms with Crippen molar-refractivity contribution in [1.82, 2.24) is 4.72 Å². The van der Waals surface area contributed by atoms with Gasteiger partial charge in [-0.3, -0.25) is 4.79 Å². The third kappa shape index (κ3) is 4.32. The van der Waals surface area contributed by atoms with Crippen LogP contribution < -0.4 is 4.72 Å². The molecule has 31 heavy (non-hydrogen) atoms. The zero-order chi connectivity index (χ0) is 22.6. The molecule has 4 aliphatic rings. The number of aliphatic carboxylic acids is 1. The fraction of sp³-hybridized carbons (Fsp3) is 0.960. The summed E-state index contributed by atoms with van der Waals surface area (Å²) in [5.41, 5.74) is 0.726. The lowest BCUT2D eigenvalue weighted by Gasteiger charge is -2.61. The number of carbonyl (C=O) groups is 1. The molecule has 6 heteroatoms. The Bertz CT molecular complexity index is 797. The van der Waals surface area contributed by atoms with E-state index in [0.717, 1.165) is 43.4 Å². The van der Waals surface area contributed by atoms with Gasteiger partial charge in [-0.1, -0.05) is 20.8 Å². The van der Waals surface area contributed by atoms with E-state index >= 15 is 0 Å². The highest BCUT2D eigenvalue weighted by Crippen LogP contribution is 2.68. The molecule has 0 aliphatic heterocycles. The second-order valence-corrected chi connectivity index (χ2v) is 13.9. The van der Waals surface area contributed by atoms with Gasteiger partial charge in [-0.2, -0.15) is 0 Å². The van der Waals surface area contributed by atoms with Gasteiger partial charge >= 0.3 is 5.97 Å². The highest BCUT2D eigenvalue weighted by atomic mass is 32.2. The average Bonchev–Trinajstić information content (AvgIpc) is 3.02.